The normalized spacial score (nSPS) is 25.8. The number of ether oxygens (including phenoxy) is 2. The summed E-state index contributed by atoms with van der Waals surface area (Å²) in [6.07, 6.45) is 5.69. The van der Waals surface area contributed by atoms with Crippen LogP contribution in [0.15, 0.2) is 53.7 Å². The Balaban J connectivity index is 1.36. The van der Waals surface area contributed by atoms with E-state index in [4.69, 9.17) is 25.9 Å². The van der Waals surface area contributed by atoms with Crippen LogP contribution in [-0.4, -0.2) is 23.5 Å². The van der Waals surface area contributed by atoms with Crippen molar-refractivity contribution in [3.05, 3.63) is 59.1 Å². The molecule has 26 heavy (non-hydrogen) atoms. The summed E-state index contributed by atoms with van der Waals surface area (Å²) in [5.74, 6) is 1.53. The third-order valence-electron chi connectivity index (χ3n) is 5.70. The molecule has 0 radical (unpaired) electrons. The number of fused-ring (bicyclic) bond motifs is 1. The smallest absolute Gasteiger partial charge is 0.179 e. The first-order valence-corrected chi connectivity index (χ1v) is 9.53. The van der Waals surface area contributed by atoms with Crippen molar-refractivity contribution in [2.45, 2.75) is 43.3 Å². The number of hydrogen-bond acceptors (Lipinski definition) is 4. The topological polar surface area (TPSA) is 43.4 Å². The van der Waals surface area contributed by atoms with Gasteiger partial charge in [0.15, 0.2) is 11.2 Å². The number of epoxide rings is 1. The highest BCUT2D eigenvalue weighted by Crippen LogP contribution is 2.54. The number of benzene rings is 2. The second-order valence-corrected chi connectivity index (χ2v) is 7.72. The summed E-state index contributed by atoms with van der Waals surface area (Å²) in [5.41, 5.74) is 1.37. The molecule has 4 nitrogen and oxygen atoms in total. The van der Waals surface area contributed by atoms with Crippen molar-refractivity contribution in [2.24, 2.45) is 5.16 Å². The number of halogens is 1. The molecule has 2 aromatic carbocycles. The van der Waals surface area contributed by atoms with Crippen molar-refractivity contribution in [3.63, 3.8) is 0 Å². The molecular formula is C21H20ClNO3. The Kier molecular flexibility index (Phi) is 3.73. The lowest BCUT2D eigenvalue weighted by molar-refractivity contribution is -0.0788. The van der Waals surface area contributed by atoms with E-state index in [0.29, 0.717) is 11.6 Å². The number of hydrogen-bond donors (Lipinski definition) is 0. The molecule has 2 aliphatic heterocycles. The summed E-state index contributed by atoms with van der Waals surface area (Å²) in [5, 5.41) is 5.15. The molecule has 2 fully saturated rings. The van der Waals surface area contributed by atoms with Crippen LogP contribution in [0.25, 0.3) is 0 Å². The van der Waals surface area contributed by atoms with Gasteiger partial charge in [0.25, 0.3) is 0 Å². The van der Waals surface area contributed by atoms with Crippen LogP contribution in [0, 0.1) is 0 Å². The average Bonchev–Trinajstić information content (AvgIpc) is 3.42. The van der Waals surface area contributed by atoms with Crippen LogP contribution in [0.4, 0.5) is 0 Å². The highest BCUT2D eigenvalue weighted by Gasteiger charge is 2.70. The molecule has 1 unspecified atom stereocenters. The Labute approximate surface area is 157 Å². The summed E-state index contributed by atoms with van der Waals surface area (Å²) >= 11 is 5.91. The first-order chi connectivity index (χ1) is 12.7. The molecule has 1 aliphatic carbocycles. The molecule has 1 saturated heterocycles. The molecule has 3 aliphatic rings. The van der Waals surface area contributed by atoms with Crippen LogP contribution in [0.3, 0.4) is 0 Å². The molecular weight excluding hydrogens is 350 g/mol. The van der Waals surface area contributed by atoms with Crippen LogP contribution in [0.5, 0.6) is 11.5 Å². The van der Waals surface area contributed by atoms with E-state index in [1.165, 1.54) is 19.3 Å². The zero-order valence-electron chi connectivity index (χ0n) is 14.4. The van der Waals surface area contributed by atoms with Gasteiger partial charge in [-0.05, 0) is 74.2 Å². The lowest BCUT2D eigenvalue weighted by Crippen LogP contribution is -2.48. The van der Waals surface area contributed by atoms with Gasteiger partial charge in [0.2, 0.25) is 0 Å². The van der Waals surface area contributed by atoms with Crippen LogP contribution in [0.2, 0.25) is 5.02 Å². The fraction of sp³-hybridized carbons (Fsp3) is 0.381. The first kappa shape index (κ1) is 16.2. The van der Waals surface area contributed by atoms with Crippen molar-refractivity contribution in [1.82, 2.24) is 0 Å². The minimum absolute atomic E-state index is 0.251. The van der Waals surface area contributed by atoms with Crippen LogP contribution in [-0.2, 0) is 9.57 Å². The van der Waals surface area contributed by atoms with Gasteiger partial charge in [-0.1, -0.05) is 23.2 Å². The van der Waals surface area contributed by atoms with E-state index in [0.717, 1.165) is 35.6 Å². The standard InChI is InChI=1S/C21H20ClNO3/c22-16-6-10-18(11-7-16)25-17-8-4-15(5-9-17)19-21(14-24-21)20(26-23-19)12-2-1-3-13-20/h4-11H,1-3,12-14H2. The minimum Gasteiger partial charge on any atom is -0.457 e. The maximum absolute atomic E-state index is 5.98. The third kappa shape index (κ3) is 2.51. The highest BCUT2D eigenvalue weighted by molar-refractivity contribution is 6.30. The summed E-state index contributed by atoms with van der Waals surface area (Å²) in [6, 6.07) is 15.3. The number of nitrogens with zero attached hydrogens (tertiary/aromatic N) is 1. The predicted octanol–water partition coefficient (Wildman–Crippen LogP) is 5.34. The Morgan fingerprint density at radius 1 is 0.885 bits per heavy atom. The van der Waals surface area contributed by atoms with E-state index in [2.05, 4.69) is 5.16 Å². The third-order valence-corrected chi connectivity index (χ3v) is 5.95. The van der Waals surface area contributed by atoms with Crippen molar-refractivity contribution in [1.29, 1.82) is 0 Å². The fourth-order valence-corrected chi connectivity index (χ4v) is 4.32. The van der Waals surface area contributed by atoms with E-state index >= 15 is 0 Å². The van der Waals surface area contributed by atoms with Crippen LogP contribution < -0.4 is 4.74 Å². The van der Waals surface area contributed by atoms with E-state index in [1.54, 1.807) is 0 Å². The van der Waals surface area contributed by atoms with Crippen molar-refractivity contribution < 1.29 is 14.3 Å². The number of oxime groups is 1. The van der Waals surface area contributed by atoms with Gasteiger partial charge >= 0.3 is 0 Å². The van der Waals surface area contributed by atoms with Crippen molar-refractivity contribution in [2.75, 3.05) is 6.61 Å². The van der Waals surface area contributed by atoms with Gasteiger partial charge in [-0.2, -0.15) is 0 Å². The molecule has 0 amide bonds. The quantitative estimate of drug-likeness (QED) is 0.686. The zero-order valence-corrected chi connectivity index (χ0v) is 15.2. The second-order valence-electron chi connectivity index (χ2n) is 7.28. The SMILES string of the molecule is Clc1ccc(Oc2ccc(C3=NOC4(CCCCC4)C34CO4)cc2)cc1. The minimum atomic E-state index is -0.341. The number of rotatable bonds is 3. The maximum atomic E-state index is 5.98. The Morgan fingerprint density at radius 2 is 1.50 bits per heavy atom. The maximum Gasteiger partial charge on any atom is 0.179 e. The molecule has 1 saturated carbocycles. The molecule has 0 bridgehead atoms. The fourth-order valence-electron chi connectivity index (χ4n) is 4.19. The van der Waals surface area contributed by atoms with E-state index in [-0.39, 0.29) is 11.2 Å². The first-order valence-electron chi connectivity index (χ1n) is 9.15. The molecule has 0 aromatic heterocycles. The van der Waals surface area contributed by atoms with Gasteiger partial charge in [-0.3, -0.25) is 0 Å². The predicted molar refractivity (Wildman–Crippen MR) is 100 cm³/mol. The summed E-state index contributed by atoms with van der Waals surface area (Å²) in [6.45, 7) is 0.703. The molecule has 2 heterocycles. The summed E-state index contributed by atoms with van der Waals surface area (Å²) in [7, 11) is 0. The molecule has 5 heteroatoms. The highest BCUT2D eigenvalue weighted by atomic mass is 35.5. The van der Waals surface area contributed by atoms with Gasteiger partial charge in [-0.25, -0.2) is 0 Å². The largest absolute Gasteiger partial charge is 0.457 e. The Morgan fingerprint density at radius 3 is 2.12 bits per heavy atom. The van der Waals surface area contributed by atoms with Crippen molar-refractivity contribution >= 4 is 17.3 Å². The summed E-state index contributed by atoms with van der Waals surface area (Å²) in [4.78, 5) is 5.98. The zero-order chi connectivity index (χ0) is 17.6. The molecule has 5 rings (SSSR count). The van der Waals surface area contributed by atoms with Crippen LogP contribution >= 0.6 is 11.6 Å². The van der Waals surface area contributed by atoms with Gasteiger partial charge in [0, 0.05) is 10.6 Å². The lowest BCUT2D eigenvalue weighted by Gasteiger charge is -2.34. The van der Waals surface area contributed by atoms with Gasteiger partial charge in [0.05, 0.1) is 6.61 Å². The molecule has 134 valence electrons. The Bertz CT molecular complexity index is 835. The van der Waals surface area contributed by atoms with E-state index in [9.17, 15) is 0 Å². The van der Waals surface area contributed by atoms with E-state index in [1.807, 2.05) is 48.5 Å². The van der Waals surface area contributed by atoms with Crippen LogP contribution in [0.1, 0.15) is 37.7 Å². The van der Waals surface area contributed by atoms with Gasteiger partial charge in [0.1, 0.15) is 17.2 Å². The summed E-state index contributed by atoms with van der Waals surface area (Å²) < 4.78 is 11.8. The molecule has 2 spiro atoms. The van der Waals surface area contributed by atoms with Gasteiger partial charge < -0.3 is 14.3 Å². The van der Waals surface area contributed by atoms with E-state index < -0.39 is 0 Å². The second kappa shape index (κ2) is 6.00. The average molecular weight is 370 g/mol. The Hall–Kier alpha value is -2.04. The van der Waals surface area contributed by atoms with Gasteiger partial charge in [-0.15, -0.1) is 0 Å². The monoisotopic (exact) mass is 369 g/mol. The lowest BCUT2D eigenvalue weighted by atomic mass is 9.73. The van der Waals surface area contributed by atoms with Crippen molar-refractivity contribution in [3.8, 4) is 11.5 Å². The molecule has 2 aromatic rings. The molecule has 1 atom stereocenters. The molecule has 0 N–H and O–H groups in total.